The van der Waals surface area contributed by atoms with Crippen molar-refractivity contribution in [2.75, 3.05) is 6.54 Å². The van der Waals surface area contributed by atoms with Crippen LogP contribution >= 0.6 is 15.9 Å². The van der Waals surface area contributed by atoms with Gasteiger partial charge in [-0.3, -0.25) is 10.4 Å². The summed E-state index contributed by atoms with van der Waals surface area (Å²) >= 11 is 3.34. The second kappa shape index (κ2) is 10.1. The highest BCUT2D eigenvalue weighted by Gasteiger charge is 2.09. The van der Waals surface area contributed by atoms with E-state index in [4.69, 9.17) is 0 Å². The van der Waals surface area contributed by atoms with Gasteiger partial charge in [-0.25, -0.2) is 9.97 Å². The summed E-state index contributed by atoms with van der Waals surface area (Å²) in [5.74, 6) is 7.14. The Hall–Kier alpha value is -1.80. The molecule has 5 heteroatoms. The molecule has 0 unspecified atom stereocenters. The van der Waals surface area contributed by atoms with Crippen molar-refractivity contribution in [2.45, 2.75) is 45.4 Å². The molecule has 4 nitrogen and oxygen atoms in total. The third-order valence-corrected chi connectivity index (χ3v) is 3.84. The quantitative estimate of drug-likeness (QED) is 0.571. The van der Waals surface area contributed by atoms with Crippen molar-refractivity contribution in [3.63, 3.8) is 0 Å². The third kappa shape index (κ3) is 6.45. The van der Waals surface area contributed by atoms with E-state index in [2.05, 4.69) is 50.1 Å². The van der Waals surface area contributed by atoms with Gasteiger partial charge in [-0.15, -0.1) is 5.92 Å². The molecular formula is C18H23BrN4. The van der Waals surface area contributed by atoms with Crippen LogP contribution in [-0.4, -0.2) is 21.5 Å². The first-order chi connectivity index (χ1) is 11.3. The number of unbranched alkanes of at least 4 members (excludes halogenated alkanes) is 5. The van der Waals surface area contributed by atoms with E-state index in [0.717, 1.165) is 16.6 Å². The van der Waals surface area contributed by atoms with Crippen LogP contribution in [0.5, 0.6) is 0 Å². The highest BCUT2D eigenvalue weighted by molar-refractivity contribution is 9.10. The Balaban J connectivity index is 1.73. The first-order valence-electron chi connectivity index (χ1n) is 8.15. The molecule has 1 aliphatic heterocycles. The Morgan fingerprint density at radius 1 is 1.13 bits per heavy atom. The van der Waals surface area contributed by atoms with Gasteiger partial charge in [0.25, 0.3) is 0 Å². The summed E-state index contributed by atoms with van der Waals surface area (Å²) in [7, 11) is 0. The Kier molecular flexibility index (Phi) is 7.68. The maximum absolute atomic E-state index is 4.30. The van der Waals surface area contributed by atoms with Crippen LogP contribution in [0.3, 0.4) is 0 Å². The molecule has 0 fully saturated rings. The molecule has 122 valence electrons. The monoisotopic (exact) mass is 374 g/mol. The van der Waals surface area contributed by atoms with E-state index in [9.17, 15) is 0 Å². The number of aromatic nitrogens is 2. The highest BCUT2D eigenvalue weighted by atomic mass is 79.9. The SMILES string of the molecule is CCCCCCCC#CCN1C=CC=C(c2ncc(Br)cn2)N1. The minimum atomic E-state index is 0.652. The number of nitrogens with one attached hydrogen (secondary N) is 1. The van der Waals surface area contributed by atoms with E-state index in [0.29, 0.717) is 12.4 Å². The zero-order valence-corrected chi connectivity index (χ0v) is 15.1. The van der Waals surface area contributed by atoms with Gasteiger partial charge >= 0.3 is 0 Å². The summed E-state index contributed by atoms with van der Waals surface area (Å²) in [6, 6.07) is 0. The molecule has 2 rings (SSSR count). The van der Waals surface area contributed by atoms with Crippen LogP contribution in [0.25, 0.3) is 5.70 Å². The molecule has 0 radical (unpaired) electrons. The van der Waals surface area contributed by atoms with Gasteiger partial charge in [-0.05, 0) is 34.5 Å². The predicted octanol–water partition coefficient (Wildman–Crippen LogP) is 4.28. The van der Waals surface area contributed by atoms with Gasteiger partial charge < -0.3 is 0 Å². The highest BCUT2D eigenvalue weighted by Crippen LogP contribution is 2.12. The van der Waals surface area contributed by atoms with Gasteiger partial charge in [0.1, 0.15) is 0 Å². The Bertz CT molecular complexity index is 596. The topological polar surface area (TPSA) is 41.1 Å². The fourth-order valence-electron chi connectivity index (χ4n) is 2.19. The summed E-state index contributed by atoms with van der Waals surface area (Å²) in [5, 5.41) is 1.95. The van der Waals surface area contributed by atoms with Gasteiger partial charge in [0, 0.05) is 25.0 Å². The molecule has 2 heterocycles. The molecule has 0 aliphatic carbocycles. The third-order valence-electron chi connectivity index (χ3n) is 3.43. The molecule has 1 aromatic heterocycles. The fourth-order valence-corrected chi connectivity index (χ4v) is 2.39. The Morgan fingerprint density at radius 3 is 2.70 bits per heavy atom. The van der Waals surface area contributed by atoms with Crippen molar-refractivity contribution in [1.29, 1.82) is 0 Å². The molecule has 0 atom stereocenters. The second-order valence-electron chi connectivity index (χ2n) is 5.40. The van der Waals surface area contributed by atoms with E-state index < -0.39 is 0 Å². The number of hydrogen-bond donors (Lipinski definition) is 1. The molecule has 1 aliphatic rings. The number of hydrogen-bond acceptors (Lipinski definition) is 4. The summed E-state index contributed by atoms with van der Waals surface area (Å²) in [4.78, 5) is 8.59. The lowest BCUT2D eigenvalue weighted by Crippen LogP contribution is -2.34. The lowest BCUT2D eigenvalue weighted by Gasteiger charge is -2.23. The van der Waals surface area contributed by atoms with Gasteiger partial charge in [-0.1, -0.05) is 38.5 Å². The lowest BCUT2D eigenvalue weighted by molar-refractivity contribution is 0.360. The predicted molar refractivity (Wildman–Crippen MR) is 97.8 cm³/mol. The van der Waals surface area contributed by atoms with E-state index in [-0.39, 0.29) is 0 Å². The zero-order chi connectivity index (χ0) is 16.3. The normalized spacial score (nSPS) is 13.1. The van der Waals surface area contributed by atoms with Crippen molar-refractivity contribution in [3.8, 4) is 11.8 Å². The van der Waals surface area contributed by atoms with Gasteiger partial charge in [0.2, 0.25) is 0 Å². The van der Waals surface area contributed by atoms with Crippen molar-refractivity contribution < 1.29 is 0 Å². The van der Waals surface area contributed by atoms with Crippen molar-refractivity contribution in [3.05, 3.63) is 41.0 Å². The Morgan fingerprint density at radius 2 is 1.91 bits per heavy atom. The van der Waals surface area contributed by atoms with Gasteiger partial charge in [0.15, 0.2) is 5.82 Å². The number of nitrogens with zero attached hydrogens (tertiary/aromatic N) is 3. The number of halogens is 1. The van der Waals surface area contributed by atoms with Crippen LogP contribution in [0.1, 0.15) is 51.3 Å². The second-order valence-corrected chi connectivity index (χ2v) is 6.32. The van der Waals surface area contributed by atoms with Crippen LogP contribution in [0, 0.1) is 11.8 Å². The standard InChI is InChI=1S/C18H23BrN4/c1-2-3-4-5-6-7-8-9-12-23-13-10-11-17(22-23)18-20-14-16(19)15-21-18/h10-11,13-15,22H,2-7,12H2,1H3. The van der Waals surface area contributed by atoms with E-state index in [1.165, 1.54) is 32.1 Å². The van der Waals surface area contributed by atoms with Crippen LogP contribution < -0.4 is 5.43 Å². The molecule has 1 N–H and O–H groups in total. The molecule has 0 spiro atoms. The summed E-state index contributed by atoms with van der Waals surface area (Å²) in [5.41, 5.74) is 4.15. The molecule has 1 aromatic rings. The number of hydrazine groups is 1. The summed E-state index contributed by atoms with van der Waals surface area (Å²) in [6.45, 7) is 2.89. The van der Waals surface area contributed by atoms with Crippen LogP contribution in [0.4, 0.5) is 0 Å². The molecular weight excluding hydrogens is 352 g/mol. The average Bonchev–Trinajstić information content (AvgIpc) is 2.58. The smallest absolute Gasteiger partial charge is 0.177 e. The van der Waals surface area contributed by atoms with Crippen LogP contribution in [0.15, 0.2) is 35.2 Å². The fraction of sp³-hybridized carbons (Fsp3) is 0.444. The van der Waals surface area contributed by atoms with Crippen molar-refractivity contribution in [2.24, 2.45) is 0 Å². The maximum Gasteiger partial charge on any atom is 0.177 e. The van der Waals surface area contributed by atoms with E-state index in [1.807, 2.05) is 23.4 Å². The van der Waals surface area contributed by atoms with Crippen molar-refractivity contribution in [1.82, 2.24) is 20.4 Å². The molecule has 0 amide bonds. The minimum Gasteiger partial charge on any atom is -0.294 e. The molecule has 23 heavy (non-hydrogen) atoms. The minimum absolute atomic E-state index is 0.652. The van der Waals surface area contributed by atoms with E-state index in [1.54, 1.807) is 12.4 Å². The zero-order valence-electron chi connectivity index (χ0n) is 13.6. The maximum atomic E-state index is 4.30. The van der Waals surface area contributed by atoms with E-state index >= 15 is 0 Å². The molecule has 0 saturated heterocycles. The average molecular weight is 375 g/mol. The molecule has 0 aromatic carbocycles. The number of rotatable bonds is 7. The summed E-state index contributed by atoms with van der Waals surface area (Å²) < 4.78 is 0.870. The largest absolute Gasteiger partial charge is 0.294 e. The molecule has 0 bridgehead atoms. The molecule has 0 saturated carbocycles. The first kappa shape index (κ1) is 17.6. The van der Waals surface area contributed by atoms with Crippen LogP contribution in [0.2, 0.25) is 0 Å². The van der Waals surface area contributed by atoms with Gasteiger partial charge in [-0.2, -0.15) is 0 Å². The first-order valence-corrected chi connectivity index (χ1v) is 8.94. The van der Waals surface area contributed by atoms with Crippen molar-refractivity contribution >= 4 is 21.6 Å². The number of allylic oxidation sites excluding steroid dienone is 2. The Labute approximate surface area is 147 Å². The lowest BCUT2D eigenvalue weighted by atomic mass is 10.1. The summed E-state index contributed by atoms with van der Waals surface area (Å²) in [6.07, 6.45) is 16.8. The van der Waals surface area contributed by atoms with Crippen LogP contribution in [-0.2, 0) is 0 Å². The van der Waals surface area contributed by atoms with Gasteiger partial charge in [0.05, 0.1) is 16.7 Å².